The molecule has 0 aliphatic heterocycles. The molecule has 14 heavy (non-hydrogen) atoms. The largest absolute Gasteiger partial charge is 0.397 e. The Hall–Kier alpha value is -1.24. The number of nitrogens with two attached hydrogens (primary N) is 1. The van der Waals surface area contributed by atoms with E-state index in [2.05, 4.69) is 4.98 Å². The minimum atomic E-state index is -1.49. The van der Waals surface area contributed by atoms with E-state index in [-0.39, 0.29) is 11.4 Å². The maximum atomic E-state index is 12.7. The highest BCUT2D eigenvalue weighted by Gasteiger charge is 2.21. The number of nitrogens with zero attached hydrogens (tertiary/aromatic N) is 1. The van der Waals surface area contributed by atoms with Crippen LogP contribution < -0.4 is 5.73 Å². The molecule has 0 saturated heterocycles. The minimum Gasteiger partial charge on any atom is -0.397 e. The Morgan fingerprint density at radius 2 is 2.07 bits per heavy atom. The van der Waals surface area contributed by atoms with Gasteiger partial charge in [0.15, 0.2) is 0 Å². The fraction of sp³-hybridized carbons (Fsp3) is 0.375. The van der Waals surface area contributed by atoms with Crippen molar-refractivity contribution in [1.29, 1.82) is 0 Å². The zero-order valence-corrected chi connectivity index (χ0v) is 7.26. The van der Waals surface area contributed by atoms with Crippen molar-refractivity contribution in [3.05, 3.63) is 23.8 Å². The van der Waals surface area contributed by atoms with Gasteiger partial charge in [-0.25, -0.2) is 4.98 Å². The summed E-state index contributed by atoms with van der Waals surface area (Å²) >= 11 is 0. The van der Waals surface area contributed by atoms with Gasteiger partial charge >= 0.3 is 0 Å². The summed E-state index contributed by atoms with van der Waals surface area (Å²) in [6, 6.07) is 2.27. The SMILES string of the molecule is Nc1ccc(F)nc1C(O)C(O)CO. The number of hydrogen-bond donors (Lipinski definition) is 4. The summed E-state index contributed by atoms with van der Waals surface area (Å²) in [5, 5.41) is 27.0. The van der Waals surface area contributed by atoms with E-state index in [9.17, 15) is 9.50 Å². The van der Waals surface area contributed by atoms with Gasteiger partial charge < -0.3 is 21.1 Å². The molecule has 2 unspecified atom stereocenters. The minimum absolute atomic E-state index is 0.0615. The number of rotatable bonds is 3. The van der Waals surface area contributed by atoms with Crippen LogP contribution in [-0.4, -0.2) is 33.0 Å². The second-order valence-electron chi connectivity index (χ2n) is 2.80. The van der Waals surface area contributed by atoms with Crippen molar-refractivity contribution in [3.8, 4) is 0 Å². The van der Waals surface area contributed by atoms with Crippen LogP contribution in [0, 0.1) is 5.95 Å². The maximum absolute atomic E-state index is 12.7. The molecule has 1 heterocycles. The van der Waals surface area contributed by atoms with E-state index in [0.29, 0.717) is 0 Å². The first-order chi connectivity index (χ1) is 6.56. The summed E-state index contributed by atoms with van der Waals surface area (Å²) in [7, 11) is 0. The number of aromatic nitrogens is 1. The molecule has 78 valence electrons. The average molecular weight is 202 g/mol. The second-order valence-corrected chi connectivity index (χ2v) is 2.80. The predicted molar refractivity (Wildman–Crippen MR) is 46.7 cm³/mol. The van der Waals surface area contributed by atoms with Crippen molar-refractivity contribution in [1.82, 2.24) is 4.98 Å². The van der Waals surface area contributed by atoms with E-state index < -0.39 is 24.8 Å². The summed E-state index contributed by atoms with van der Waals surface area (Å²) in [5.74, 6) is -0.807. The fourth-order valence-corrected chi connectivity index (χ4v) is 0.980. The predicted octanol–water partition coefficient (Wildman–Crippen LogP) is -0.811. The van der Waals surface area contributed by atoms with E-state index in [1.165, 1.54) is 6.07 Å². The topological polar surface area (TPSA) is 99.6 Å². The molecule has 5 nitrogen and oxygen atoms in total. The van der Waals surface area contributed by atoms with E-state index >= 15 is 0 Å². The smallest absolute Gasteiger partial charge is 0.213 e. The molecule has 0 saturated carbocycles. The van der Waals surface area contributed by atoms with Gasteiger partial charge in [0, 0.05) is 0 Å². The van der Waals surface area contributed by atoms with Crippen molar-refractivity contribution in [2.45, 2.75) is 12.2 Å². The Morgan fingerprint density at radius 1 is 1.43 bits per heavy atom. The monoisotopic (exact) mass is 202 g/mol. The number of hydrogen-bond acceptors (Lipinski definition) is 5. The summed E-state index contributed by atoms with van der Waals surface area (Å²) in [6.07, 6.45) is -2.91. The van der Waals surface area contributed by atoms with Crippen LogP contribution in [0.2, 0.25) is 0 Å². The second kappa shape index (κ2) is 4.32. The van der Waals surface area contributed by atoms with Gasteiger partial charge in [0.05, 0.1) is 18.0 Å². The maximum Gasteiger partial charge on any atom is 0.213 e. The third-order valence-corrected chi connectivity index (χ3v) is 1.76. The van der Waals surface area contributed by atoms with Crippen LogP contribution >= 0.6 is 0 Å². The molecule has 0 amide bonds. The Kier molecular flexibility index (Phi) is 3.34. The number of aliphatic hydroxyl groups is 3. The summed E-state index contributed by atoms with van der Waals surface area (Å²) in [6.45, 7) is -0.654. The molecule has 0 radical (unpaired) electrons. The van der Waals surface area contributed by atoms with Crippen molar-refractivity contribution in [3.63, 3.8) is 0 Å². The van der Waals surface area contributed by atoms with E-state index in [0.717, 1.165) is 6.07 Å². The number of pyridine rings is 1. The molecule has 0 fully saturated rings. The van der Waals surface area contributed by atoms with Crippen molar-refractivity contribution in [2.75, 3.05) is 12.3 Å². The molecule has 0 aromatic carbocycles. The van der Waals surface area contributed by atoms with Gasteiger partial charge in [0.2, 0.25) is 5.95 Å². The molecular formula is C8H11FN2O3. The van der Waals surface area contributed by atoms with Crippen LogP contribution in [0.25, 0.3) is 0 Å². The highest BCUT2D eigenvalue weighted by Crippen LogP contribution is 2.20. The van der Waals surface area contributed by atoms with Crippen molar-refractivity contribution >= 4 is 5.69 Å². The lowest BCUT2D eigenvalue weighted by molar-refractivity contribution is -0.0172. The lowest BCUT2D eigenvalue weighted by Crippen LogP contribution is -2.24. The van der Waals surface area contributed by atoms with E-state index in [4.69, 9.17) is 15.9 Å². The third-order valence-electron chi connectivity index (χ3n) is 1.76. The highest BCUT2D eigenvalue weighted by atomic mass is 19.1. The Bertz CT molecular complexity index is 321. The van der Waals surface area contributed by atoms with Gasteiger partial charge in [-0.3, -0.25) is 0 Å². The Balaban J connectivity index is 2.99. The Labute approximate surface area is 79.6 Å². The normalized spacial score (nSPS) is 15.1. The molecule has 1 aromatic heterocycles. The van der Waals surface area contributed by atoms with E-state index in [1.54, 1.807) is 0 Å². The van der Waals surface area contributed by atoms with Gasteiger partial charge in [0.1, 0.15) is 12.2 Å². The molecule has 0 spiro atoms. The van der Waals surface area contributed by atoms with Crippen LogP contribution in [0.15, 0.2) is 12.1 Å². The molecule has 0 bridgehead atoms. The summed E-state index contributed by atoms with van der Waals surface area (Å²) in [5.41, 5.74) is 5.29. The molecule has 2 atom stereocenters. The number of nitrogen functional groups attached to an aromatic ring is 1. The number of anilines is 1. The Morgan fingerprint density at radius 3 is 2.64 bits per heavy atom. The van der Waals surface area contributed by atoms with Crippen LogP contribution in [0.1, 0.15) is 11.8 Å². The summed E-state index contributed by atoms with van der Waals surface area (Å²) < 4.78 is 12.7. The molecule has 1 aromatic rings. The lowest BCUT2D eigenvalue weighted by atomic mass is 10.1. The molecule has 1 rings (SSSR count). The highest BCUT2D eigenvalue weighted by molar-refractivity contribution is 5.43. The third kappa shape index (κ3) is 2.16. The number of aliphatic hydroxyl groups excluding tert-OH is 3. The standard InChI is InChI=1S/C8H11FN2O3/c9-6-2-1-4(10)7(11-6)8(14)5(13)3-12/h1-2,5,8,12-14H,3,10H2. The van der Waals surface area contributed by atoms with E-state index in [1.807, 2.05) is 0 Å². The molecular weight excluding hydrogens is 191 g/mol. The average Bonchev–Trinajstić information content (AvgIpc) is 2.19. The molecule has 5 N–H and O–H groups in total. The first-order valence-corrected chi connectivity index (χ1v) is 3.95. The fourth-order valence-electron chi connectivity index (χ4n) is 0.980. The first kappa shape index (κ1) is 10.8. The molecule has 0 aliphatic rings. The van der Waals surface area contributed by atoms with Crippen molar-refractivity contribution < 1.29 is 19.7 Å². The zero-order chi connectivity index (χ0) is 10.7. The van der Waals surface area contributed by atoms with Gasteiger partial charge in [0.25, 0.3) is 0 Å². The van der Waals surface area contributed by atoms with Gasteiger partial charge in [-0.15, -0.1) is 0 Å². The van der Waals surface area contributed by atoms with Gasteiger partial charge in [-0.1, -0.05) is 0 Å². The van der Waals surface area contributed by atoms with Crippen LogP contribution in [0.5, 0.6) is 0 Å². The zero-order valence-electron chi connectivity index (χ0n) is 7.26. The van der Waals surface area contributed by atoms with Crippen LogP contribution in [-0.2, 0) is 0 Å². The molecule has 6 heteroatoms. The lowest BCUT2D eigenvalue weighted by Gasteiger charge is -2.16. The number of halogens is 1. The summed E-state index contributed by atoms with van der Waals surface area (Å²) in [4.78, 5) is 3.33. The van der Waals surface area contributed by atoms with Crippen molar-refractivity contribution in [2.24, 2.45) is 0 Å². The molecule has 0 aliphatic carbocycles. The van der Waals surface area contributed by atoms with Crippen LogP contribution in [0.3, 0.4) is 0 Å². The van der Waals surface area contributed by atoms with Gasteiger partial charge in [-0.2, -0.15) is 4.39 Å². The first-order valence-electron chi connectivity index (χ1n) is 3.95. The quantitative estimate of drug-likeness (QED) is 0.480. The van der Waals surface area contributed by atoms with Crippen LogP contribution in [0.4, 0.5) is 10.1 Å². The van der Waals surface area contributed by atoms with Gasteiger partial charge in [-0.05, 0) is 12.1 Å².